The topological polar surface area (TPSA) is 86.0 Å². The Morgan fingerprint density at radius 3 is 2.65 bits per heavy atom. The first-order chi connectivity index (χ1) is 11.0. The minimum absolute atomic E-state index is 0.0780. The van der Waals surface area contributed by atoms with Crippen LogP contribution in [0.15, 0.2) is 50.1 Å². The Morgan fingerprint density at radius 1 is 1.35 bits per heavy atom. The van der Waals surface area contributed by atoms with Gasteiger partial charge in [0.25, 0.3) is 0 Å². The van der Waals surface area contributed by atoms with Crippen LogP contribution >= 0.6 is 15.9 Å². The predicted molar refractivity (Wildman–Crippen MR) is 85.8 cm³/mol. The minimum atomic E-state index is -1.33. The lowest BCUT2D eigenvalue weighted by Crippen LogP contribution is -2.23. The lowest BCUT2D eigenvalue weighted by molar-refractivity contribution is 0.0467. The van der Waals surface area contributed by atoms with E-state index in [1.807, 2.05) is 30.3 Å². The molecule has 1 N–H and O–H groups in total. The molecule has 1 aromatic carbocycles. The zero-order valence-corrected chi connectivity index (χ0v) is 13.9. The third-order valence-electron chi connectivity index (χ3n) is 2.86. The number of hydrogen-bond acceptors (Lipinski definition) is 5. The van der Waals surface area contributed by atoms with Crippen LogP contribution in [-0.4, -0.2) is 23.8 Å². The number of carboxylic acids is 1. The van der Waals surface area contributed by atoms with Gasteiger partial charge in [-0.15, -0.1) is 0 Å². The van der Waals surface area contributed by atoms with E-state index in [0.29, 0.717) is 6.61 Å². The summed E-state index contributed by atoms with van der Waals surface area (Å²) in [6.07, 6.45) is -0.409. The normalized spacial score (nSPS) is 11.9. The smallest absolute Gasteiger partial charge is 0.380 e. The average molecular weight is 383 g/mol. The second-order valence-corrected chi connectivity index (χ2v) is 5.66. The van der Waals surface area contributed by atoms with Gasteiger partial charge in [-0.1, -0.05) is 30.3 Å². The van der Waals surface area contributed by atoms with Crippen molar-refractivity contribution in [2.45, 2.75) is 19.6 Å². The van der Waals surface area contributed by atoms with Crippen molar-refractivity contribution in [1.29, 1.82) is 0 Å². The fraction of sp³-hybridized carbons (Fsp3) is 0.250. The molecular weight excluding hydrogens is 368 g/mol. The summed E-state index contributed by atoms with van der Waals surface area (Å²) >= 11 is 3.11. The monoisotopic (exact) mass is 382 g/mol. The van der Waals surface area contributed by atoms with Crippen molar-refractivity contribution >= 4 is 21.9 Å². The first-order valence-corrected chi connectivity index (χ1v) is 7.62. The molecule has 0 amide bonds. The van der Waals surface area contributed by atoms with Gasteiger partial charge in [0.05, 0.1) is 17.7 Å². The molecule has 122 valence electrons. The minimum Gasteiger partial charge on any atom is -0.480 e. The van der Waals surface area contributed by atoms with E-state index in [1.54, 1.807) is 6.92 Å². The fourth-order valence-corrected chi connectivity index (χ4v) is 2.28. The lowest BCUT2D eigenvalue weighted by Gasteiger charge is -2.15. The van der Waals surface area contributed by atoms with Crippen LogP contribution in [0.4, 0.5) is 0 Å². The van der Waals surface area contributed by atoms with Gasteiger partial charge in [0.1, 0.15) is 6.10 Å². The molecule has 0 bridgehead atoms. The second kappa shape index (κ2) is 7.94. The second-order valence-electron chi connectivity index (χ2n) is 4.81. The zero-order valence-electron chi connectivity index (χ0n) is 12.3. The van der Waals surface area contributed by atoms with E-state index in [1.165, 1.54) is 6.07 Å². The molecule has 0 aliphatic carbocycles. The molecule has 1 heterocycles. The van der Waals surface area contributed by atoms with Crippen molar-refractivity contribution in [3.05, 3.63) is 62.6 Å². The Morgan fingerprint density at radius 2 is 2.04 bits per heavy atom. The molecular formula is C16H15BrO6. The largest absolute Gasteiger partial charge is 0.480 e. The van der Waals surface area contributed by atoms with Crippen LogP contribution in [0.5, 0.6) is 5.75 Å². The summed E-state index contributed by atoms with van der Waals surface area (Å²) < 4.78 is 15.9. The fourth-order valence-electron chi connectivity index (χ4n) is 1.82. The maximum atomic E-state index is 11.8. The van der Waals surface area contributed by atoms with Gasteiger partial charge in [-0.25, -0.2) is 9.59 Å². The van der Waals surface area contributed by atoms with E-state index in [9.17, 15) is 9.59 Å². The predicted octanol–water partition coefficient (Wildman–Crippen LogP) is 3.08. The van der Waals surface area contributed by atoms with Gasteiger partial charge in [0.15, 0.2) is 0 Å². The maximum Gasteiger partial charge on any atom is 0.380 e. The van der Waals surface area contributed by atoms with Crippen molar-refractivity contribution < 1.29 is 23.8 Å². The first kappa shape index (κ1) is 17.2. The Kier molecular flexibility index (Phi) is 5.95. The van der Waals surface area contributed by atoms with E-state index in [4.69, 9.17) is 14.6 Å². The standard InChI is InChI=1S/C16H15BrO6/c1-10(8-21-9-11-5-3-2-4-6-11)22-14-12(17)7-13(15(18)19)23-16(14)20/h2-7,10H,8-9H2,1H3,(H,18,19)/t10-/m0/s1. The molecule has 0 saturated heterocycles. The van der Waals surface area contributed by atoms with Gasteiger partial charge >= 0.3 is 11.6 Å². The first-order valence-electron chi connectivity index (χ1n) is 6.82. The van der Waals surface area contributed by atoms with Crippen LogP contribution in [0, 0.1) is 0 Å². The molecule has 2 rings (SSSR count). The SMILES string of the molecule is C[C@@H](COCc1ccccc1)Oc1c(Br)cc(C(=O)O)oc1=O. The Bertz CT molecular complexity index is 725. The number of carboxylic acid groups (broad SMARTS) is 1. The van der Waals surface area contributed by atoms with Crippen molar-refractivity contribution in [3.8, 4) is 5.75 Å². The third kappa shape index (κ3) is 4.94. The summed E-state index contributed by atoms with van der Waals surface area (Å²) in [5, 5.41) is 8.82. The highest BCUT2D eigenvalue weighted by atomic mass is 79.9. The highest BCUT2D eigenvalue weighted by molar-refractivity contribution is 9.10. The summed E-state index contributed by atoms with van der Waals surface area (Å²) in [5.41, 5.74) is 0.179. The number of rotatable bonds is 7. The number of benzene rings is 1. The highest BCUT2D eigenvalue weighted by Gasteiger charge is 2.17. The van der Waals surface area contributed by atoms with E-state index < -0.39 is 23.5 Å². The Balaban J connectivity index is 1.94. The molecule has 0 aliphatic rings. The zero-order chi connectivity index (χ0) is 16.8. The molecule has 0 spiro atoms. The number of aromatic carboxylic acids is 1. The quantitative estimate of drug-likeness (QED) is 0.791. The van der Waals surface area contributed by atoms with Crippen molar-refractivity contribution in [2.75, 3.05) is 6.61 Å². The number of hydrogen-bond donors (Lipinski definition) is 1. The summed E-state index contributed by atoms with van der Waals surface area (Å²) in [4.78, 5) is 22.6. The van der Waals surface area contributed by atoms with Crippen molar-refractivity contribution in [1.82, 2.24) is 0 Å². The Hall–Kier alpha value is -2.12. The van der Waals surface area contributed by atoms with E-state index in [0.717, 1.165) is 5.56 Å². The van der Waals surface area contributed by atoms with E-state index in [-0.39, 0.29) is 16.8 Å². The van der Waals surface area contributed by atoms with Crippen LogP contribution in [-0.2, 0) is 11.3 Å². The van der Waals surface area contributed by atoms with Crippen molar-refractivity contribution in [2.24, 2.45) is 0 Å². The van der Waals surface area contributed by atoms with Gasteiger partial charge in [0, 0.05) is 6.07 Å². The summed E-state index contributed by atoms with van der Waals surface area (Å²) in [6.45, 7) is 2.44. The number of carbonyl (C=O) groups is 1. The van der Waals surface area contributed by atoms with E-state index in [2.05, 4.69) is 20.3 Å². The average Bonchev–Trinajstić information content (AvgIpc) is 2.51. The molecule has 0 aliphatic heterocycles. The van der Waals surface area contributed by atoms with Crippen LogP contribution in [0.1, 0.15) is 23.0 Å². The summed E-state index contributed by atoms with van der Waals surface area (Å²) in [5.74, 6) is -1.86. The summed E-state index contributed by atoms with van der Waals surface area (Å²) in [7, 11) is 0. The molecule has 2 aromatic rings. The maximum absolute atomic E-state index is 11.8. The molecule has 0 saturated carbocycles. The summed E-state index contributed by atoms with van der Waals surface area (Å²) in [6, 6.07) is 10.8. The van der Waals surface area contributed by atoms with Gasteiger partial charge in [-0.3, -0.25) is 0 Å². The van der Waals surface area contributed by atoms with Crippen LogP contribution in [0.25, 0.3) is 0 Å². The molecule has 6 nitrogen and oxygen atoms in total. The molecule has 1 aromatic heterocycles. The van der Waals surface area contributed by atoms with Crippen LogP contribution < -0.4 is 10.4 Å². The molecule has 1 atom stereocenters. The third-order valence-corrected chi connectivity index (χ3v) is 3.45. The van der Waals surface area contributed by atoms with Crippen LogP contribution in [0.2, 0.25) is 0 Å². The van der Waals surface area contributed by atoms with Gasteiger partial charge in [0.2, 0.25) is 11.5 Å². The van der Waals surface area contributed by atoms with E-state index >= 15 is 0 Å². The highest BCUT2D eigenvalue weighted by Crippen LogP contribution is 2.23. The van der Waals surface area contributed by atoms with Gasteiger partial charge < -0.3 is 19.0 Å². The van der Waals surface area contributed by atoms with Crippen LogP contribution in [0.3, 0.4) is 0 Å². The molecule has 0 fully saturated rings. The lowest BCUT2D eigenvalue weighted by atomic mass is 10.2. The number of halogens is 1. The molecule has 0 radical (unpaired) electrons. The molecule has 23 heavy (non-hydrogen) atoms. The Labute approximate surface area is 140 Å². The van der Waals surface area contributed by atoms with Crippen molar-refractivity contribution in [3.63, 3.8) is 0 Å². The van der Waals surface area contributed by atoms with Gasteiger partial charge in [-0.05, 0) is 28.4 Å². The molecule has 7 heteroatoms. The van der Waals surface area contributed by atoms with Gasteiger partial charge in [-0.2, -0.15) is 0 Å². The molecule has 0 unspecified atom stereocenters. The number of ether oxygens (including phenoxy) is 2.